The molecular weight excluding hydrogens is 372 g/mol. The zero-order valence-corrected chi connectivity index (χ0v) is 16.2. The van der Waals surface area contributed by atoms with E-state index in [1.165, 1.54) is 0 Å². The number of carbonyl (C=O) groups is 4. The Morgan fingerprint density at radius 3 is 1.31 bits per heavy atom. The highest BCUT2D eigenvalue weighted by Gasteiger charge is 2.11. The van der Waals surface area contributed by atoms with Crippen LogP contribution < -0.4 is 0 Å². The summed E-state index contributed by atoms with van der Waals surface area (Å²) >= 11 is 0. The average Bonchev–Trinajstić information content (AvgIpc) is 2.76. The average molecular weight is 396 g/mol. The molecule has 0 amide bonds. The summed E-state index contributed by atoms with van der Waals surface area (Å²) in [5.41, 5.74) is 1.14. The number of benzene rings is 2. The number of hydrogen-bond donors (Lipinski definition) is 0. The number of hydrogen-bond acceptors (Lipinski definition) is 6. The van der Waals surface area contributed by atoms with Crippen LogP contribution in [-0.4, -0.2) is 36.7 Å². The Kier molecular flexibility index (Phi) is 9.29. The Morgan fingerprint density at radius 1 is 0.552 bits per heavy atom. The van der Waals surface area contributed by atoms with Gasteiger partial charge in [0.2, 0.25) is 0 Å². The van der Waals surface area contributed by atoms with Crippen LogP contribution in [0, 0.1) is 0 Å². The number of ketones is 2. The predicted molar refractivity (Wildman–Crippen MR) is 107 cm³/mol. The summed E-state index contributed by atoms with van der Waals surface area (Å²) in [6.45, 7) is 0.211. The third-order valence-electron chi connectivity index (χ3n) is 4.12. The van der Waals surface area contributed by atoms with Gasteiger partial charge in [-0.15, -0.1) is 0 Å². The fourth-order valence-corrected chi connectivity index (χ4v) is 2.54. The van der Waals surface area contributed by atoms with Crippen molar-refractivity contribution in [3.05, 3.63) is 71.8 Å². The van der Waals surface area contributed by atoms with Gasteiger partial charge in [0.15, 0.2) is 11.6 Å². The number of Topliss-reactive ketones (excluding diaryl/α,β-unsaturated/α-hetero) is 2. The first-order valence-corrected chi connectivity index (χ1v) is 9.54. The van der Waals surface area contributed by atoms with Crippen molar-refractivity contribution in [1.82, 2.24) is 0 Å². The Balaban J connectivity index is 1.51. The van der Waals surface area contributed by atoms with Crippen molar-refractivity contribution in [2.45, 2.75) is 32.1 Å². The van der Waals surface area contributed by atoms with Gasteiger partial charge >= 0.3 is 11.9 Å². The van der Waals surface area contributed by atoms with E-state index >= 15 is 0 Å². The van der Waals surface area contributed by atoms with Crippen LogP contribution in [0.15, 0.2) is 60.7 Å². The van der Waals surface area contributed by atoms with Gasteiger partial charge in [-0.05, 0) is 0 Å². The minimum atomic E-state index is -0.464. The van der Waals surface area contributed by atoms with Crippen molar-refractivity contribution in [3.63, 3.8) is 0 Å². The lowest BCUT2D eigenvalue weighted by molar-refractivity contribution is -0.146. The van der Waals surface area contributed by atoms with Crippen molar-refractivity contribution in [2.24, 2.45) is 0 Å². The van der Waals surface area contributed by atoms with Crippen LogP contribution in [0.5, 0.6) is 0 Å². The maximum Gasteiger partial charge on any atom is 0.306 e. The zero-order chi connectivity index (χ0) is 20.9. The minimum absolute atomic E-state index is 0.00904. The number of ether oxygens (including phenoxy) is 2. The molecule has 0 N–H and O–H groups in total. The molecule has 152 valence electrons. The SMILES string of the molecule is O=C(CCC(=O)c1ccccc1)OCCCOC(=O)CCC(=O)c1ccccc1. The zero-order valence-electron chi connectivity index (χ0n) is 16.2. The summed E-state index contributed by atoms with van der Waals surface area (Å²) in [6.07, 6.45) is 0.557. The maximum absolute atomic E-state index is 11.9. The third-order valence-corrected chi connectivity index (χ3v) is 4.12. The predicted octanol–water partition coefficient (Wildman–Crippen LogP) is 3.79. The lowest BCUT2D eigenvalue weighted by atomic mass is 10.1. The summed E-state index contributed by atoms with van der Waals surface area (Å²) in [7, 11) is 0. The molecule has 6 heteroatoms. The minimum Gasteiger partial charge on any atom is -0.466 e. The van der Waals surface area contributed by atoms with Crippen LogP contribution >= 0.6 is 0 Å². The van der Waals surface area contributed by atoms with Crippen molar-refractivity contribution in [1.29, 1.82) is 0 Å². The fourth-order valence-electron chi connectivity index (χ4n) is 2.54. The van der Waals surface area contributed by atoms with Crippen molar-refractivity contribution >= 4 is 23.5 Å². The highest BCUT2D eigenvalue weighted by Crippen LogP contribution is 2.07. The topological polar surface area (TPSA) is 86.7 Å². The molecule has 0 aliphatic carbocycles. The van der Waals surface area contributed by atoms with E-state index in [0.29, 0.717) is 17.5 Å². The largest absolute Gasteiger partial charge is 0.466 e. The molecule has 0 aromatic heterocycles. The standard InChI is InChI=1S/C23H24O6/c24-20(18-8-3-1-4-9-18)12-14-22(26)28-16-7-17-29-23(27)15-13-21(25)19-10-5-2-6-11-19/h1-6,8-11H,7,12-17H2. The second kappa shape index (κ2) is 12.2. The monoisotopic (exact) mass is 396 g/mol. The van der Waals surface area contributed by atoms with Gasteiger partial charge in [0, 0.05) is 30.4 Å². The van der Waals surface area contributed by atoms with E-state index in [1.54, 1.807) is 48.5 Å². The Morgan fingerprint density at radius 2 is 0.931 bits per heavy atom. The molecule has 0 spiro atoms. The summed E-state index contributed by atoms with van der Waals surface area (Å²) in [5.74, 6) is -1.15. The van der Waals surface area contributed by atoms with Crippen LogP contribution in [0.2, 0.25) is 0 Å². The van der Waals surface area contributed by atoms with Crippen LogP contribution in [0.4, 0.5) is 0 Å². The van der Waals surface area contributed by atoms with E-state index in [2.05, 4.69) is 0 Å². The molecule has 2 aromatic carbocycles. The quantitative estimate of drug-likeness (QED) is 0.308. The van der Waals surface area contributed by atoms with Crippen molar-refractivity contribution in [2.75, 3.05) is 13.2 Å². The molecule has 0 saturated heterocycles. The number of esters is 2. The maximum atomic E-state index is 11.9. The first-order chi connectivity index (χ1) is 14.1. The van der Waals surface area contributed by atoms with Gasteiger partial charge in [-0.3, -0.25) is 19.2 Å². The summed E-state index contributed by atoms with van der Waals surface area (Å²) < 4.78 is 10.1. The van der Waals surface area contributed by atoms with E-state index in [-0.39, 0.29) is 50.5 Å². The molecule has 0 unspecified atom stereocenters. The van der Waals surface area contributed by atoms with Gasteiger partial charge in [0.25, 0.3) is 0 Å². The molecule has 6 nitrogen and oxygen atoms in total. The van der Waals surface area contributed by atoms with Gasteiger partial charge in [-0.2, -0.15) is 0 Å². The lowest BCUT2D eigenvalue weighted by Crippen LogP contribution is -2.12. The summed E-state index contributed by atoms with van der Waals surface area (Å²) in [5, 5.41) is 0. The van der Waals surface area contributed by atoms with Crippen molar-refractivity contribution in [3.8, 4) is 0 Å². The first-order valence-electron chi connectivity index (χ1n) is 9.54. The molecule has 29 heavy (non-hydrogen) atoms. The highest BCUT2D eigenvalue weighted by atomic mass is 16.5. The summed E-state index contributed by atoms with van der Waals surface area (Å²) in [6, 6.07) is 17.5. The second-order valence-electron chi connectivity index (χ2n) is 6.37. The van der Waals surface area contributed by atoms with Crippen LogP contribution in [-0.2, 0) is 19.1 Å². The second-order valence-corrected chi connectivity index (χ2v) is 6.37. The molecule has 0 fully saturated rings. The third kappa shape index (κ3) is 8.51. The van der Waals surface area contributed by atoms with Crippen molar-refractivity contribution < 1.29 is 28.7 Å². The molecule has 0 aliphatic rings. The van der Waals surface area contributed by atoms with E-state index in [9.17, 15) is 19.2 Å². The fraction of sp³-hybridized carbons (Fsp3) is 0.304. The van der Waals surface area contributed by atoms with Crippen LogP contribution in [0.3, 0.4) is 0 Å². The first kappa shape index (κ1) is 22.0. The molecule has 0 heterocycles. The lowest BCUT2D eigenvalue weighted by Gasteiger charge is -2.06. The van der Waals surface area contributed by atoms with E-state index in [1.807, 2.05) is 12.1 Å². The Labute approximate surface area is 169 Å². The van der Waals surface area contributed by atoms with Crippen LogP contribution in [0.25, 0.3) is 0 Å². The summed E-state index contributed by atoms with van der Waals surface area (Å²) in [4.78, 5) is 47.2. The molecule has 0 bridgehead atoms. The molecular formula is C23H24O6. The van der Waals surface area contributed by atoms with Gasteiger partial charge < -0.3 is 9.47 Å². The van der Waals surface area contributed by atoms with E-state index < -0.39 is 11.9 Å². The molecule has 2 aromatic rings. The molecule has 0 radical (unpaired) electrons. The Bertz CT molecular complexity index is 744. The number of carbonyl (C=O) groups excluding carboxylic acids is 4. The van der Waals surface area contributed by atoms with E-state index in [0.717, 1.165) is 0 Å². The van der Waals surface area contributed by atoms with Gasteiger partial charge in [-0.25, -0.2) is 0 Å². The highest BCUT2D eigenvalue weighted by molar-refractivity contribution is 5.98. The van der Waals surface area contributed by atoms with Crippen LogP contribution in [0.1, 0.15) is 52.8 Å². The number of rotatable bonds is 12. The van der Waals surface area contributed by atoms with Gasteiger partial charge in [0.1, 0.15) is 0 Å². The van der Waals surface area contributed by atoms with Gasteiger partial charge in [-0.1, -0.05) is 60.7 Å². The molecule has 0 atom stereocenters. The Hall–Kier alpha value is -3.28. The molecule has 2 rings (SSSR count). The smallest absolute Gasteiger partial charge is 0.306 e. The molecule has 0 aliphatic heterocycles. The van der Waals surface area contributed by atoms with Gasteiger partial charge in [0.05, 0.1) is 26.1 Å². The molecule has 0 saturated carbocycles. The normalized spacial score (nSPS) is 10.2. The van der Waals surface area contributed by atoms with E-state index in [4.69, 9.17) is 9.47 Å².